The topological polar surface area (TPSA) is 119 Å². The molecule has 2 unspecified atom stereocenters. The number of aliphatic carboxylic acids is 1. The van der Waals surface area contributed by atoms with Crippen molar-refractivity contribution in [1.82, 2.24) is 5.32 Å². The van der Waals surface area contributed by atoms with Gasteiger partial charge in [-0.15, -0.1) is 0 Å². The van der Waals surface area contributed by atoms with Crippen molar-refractivity contribution in [3.05, 3.63) is 48.6 Å². The second-order valence-electron chi connectivity index (χ2n) is 13.0. The molecule has 0 aromatic carbocycles. The van der Waals surface area contributed by atoms with Crippen LogP contribution < -0.4 is 11.1 Å². The van der Waals surface area contributed by atoms with E-state index in [9.17, 15) is 19.5 Å². The number of unbranched alkanes of at least 4 members (excludes halogenated alkanes) is 12. The van der Waals surface area contributed by atoms with Crippen LogP contribution in [0.15, 0.2) is 48.6 Å². The summed E-state index contributed by atoms with van der Waals surface area (Å²) in [5.41, 5.74) is 5.47. The molecule has 0 heterocycles. The average molecular weight is 673 g/mol. The van der Waals surface area contributed by atoms with Crippen LogP contribution in [0.4, 0.5) is 0 Å². The van der Waals surface area contributed by atoms with Crippen LogP contribution >= 0.6 is 0 Å². The molecule has 0 aliphatic carbocycles. The van der Waals surface area contributed by atoms with Gasteiger partial charge in [-0.2, -0.15) is 0 Å². The largest absolute Gasteiger partial charge is 0.480 e. The molecule has 0 aromatic heterocycles. The maximum Gasteiger partial charge on any atom is 0.326 e. The molecule has 1 amide bonds. The number of ether oxygens (including phenoxy) is 1. The van der Waals surface area contributed by atoms with Crippen LogP contribution in [0.25, 0.3) is 0 Å². The van der Waals surface area contributed by atoms with Gasteiger partial charge >= 0.3 is 11.9 Å². The van der Waals surface area contributed by atoms with Crippen LogP contribution in [0, 0.1) is 0 Å². The molecule has 0 aliphatic heterocycles. The number of hydrogen-bond donors (Lipinski definition) is 3. The van der Waals surface area contributed by atoms with Crippen molar-refractivity contribution in [2.45, 2.75) is 187 Å². The molecule has 0 aliphatic rings. The summed E-state index contributed by atoms with van der Waals surface area (Å²) in [6.45, 7) is 4.80. The Morgan fingerprint density at radius 1 is 0.625 bits per heavy atom. The first-order chi connectivity index (χ1) is 23.4. The predicted octanol–water partition coefficient (Wildman–Crippen LogP) is 10.4. The molecule has 0 rings (SSSR count). The molecule has 0 saturated carbocycles. The summed E-state index contributed by atoms with van der Waals surface area (Å²) in [5, 5.41) is 11.9. The first kappa shape index (κ1) is 45.3. The van der Waals surface area contributed by atoms with Crippen molar-refractivity contribution in [2.24, 2.45) is 5.73 Å². The highest BCUT2D eigenvalue weighted by Gasteiger charge is 2.19. The maximum absolute atomic E-state index is 12.7. The average Bonchev–Trinajstić information content (AvgIpc) is 3.07. The second-order valence-corrected chi connectivity index (χ2v) is 13.0. The highest BCUT2D eigenvalue weighted by Crippen LogP contribution is 2.17. The number of carboxylic acids is 1. The number of nitrogens with one attached hydrogen (secondary N) is 1. The number of hydrogen-bond acceptors (Lipinski definition) is 5. The number of esters is 1. The number of carbonyl (C=O) groups is 3. The summed E-state index contributed by atoms with van der Waals surface area (Å²) >= 11 is 0. The van der Waals surface area contributed by atoms with Crippen molar-refractivity contribution < 1.29 is 24.2 Å². The predicted molar refractivity (Wildman–Crippen MR) is 202 cm³/mol. The van der Waals surface area contributed by atoms with Crippen molar-refractivity contribution in [2.75, 3.05) is 6.54 Å². The Kier molecular flexibility index (Phi) is 33.7. The molecule has 0 aromatic rings. The van der Waals surface area contributed by atoms with Crippen LogP contribution in [-0.4, -0.2) is 41.6 Å². The van der Waals surface area contributed by atoms with E-state index in [-0.39, 0.29) is 18.0 Å². The van der Waals surface area contributed by atoms with E-state index >= 15 is 0 Å². The molecule has 0 saturated heterocycles. The van der Waals surface area contributed by atoms with Gasteiger partial charge in [-0.3, -0.25) is 9.59 Å². The Balaban J connectivity index is 4.47. The van der Waals surface area contributed by atoms with Gasteiger partial charge < -0.3 is 20.9 Å². The minimum absolute atomic E-state index is 0.0598. The summed E-state index contributed by atoms with van der Waals surface area (Å²) < 4.78 is 5.97. The van der Waals surface area contributed by atoms with Crippen LogP contribution in [0.2, 0.25) is 0 Å². The molecule has 0 radical (unpaired) electrons. The number of allylic oxidation sites excluding steroid dienone is 8. The second kappa shape index (κ2) is 35.6. The zero-order valence-electron chi connectivity index (χ0n) is 30.8. The maximum atomic E-state index is 12.7. The lowest BCUT2D eigenvalue weighted by Gasteiger charge is -2.17. The number of rotatable bonds is 34. The summed E-state index contributed by atoms with van der Waals surface area (Å²) in [4.78, 5) is 36.2. The molecule has 7 nitrogen and oxygen atoms in total. The third-order valence-electron chi connectivity index (χ3n) is 8.42. The van der Waals surface area contributed by atoms with Crippen molar-refractivity contribution in [1.29, 1.82) is 0 Å². The molecule has 276 valence electrons. The fraction of sp³-hybridized carbons (Fsp3) is 0.732. The molecular formula is C41H72N2O5. The summed E-state index contributed by atoms with van der Waals surface area (Å²) in [6.07, 6.45) is 41.5. The van der Waals surface area contributed by atoms with E-state index in [1.807, 2.05) is 0 Å². The Labute approximate surface area is 294 Å². The number of carbonyl (C=O) groups excluding carboxylic acids is 2. The quantitative estimate of drug-likeness (QED) is 0.0356. The van der Waals surface area contributed by atoms with Gasteiger partial charge in [0.15, 0.2) is 0 Å². The van der Waals surface area contributed by atoms with Crippen molar-refractivity contribution in [3.8, 4) is 0 Å². The van der Waals surface area contributed by atoms with Crippen LogP contribution in [0.5, 0.6) is 0 Å². The van der Waals surface area contributed by atoms with Gasteiger partial charge in [-0.1, -0.05) is 133 Å². The first-order valence-corrected chi connectivity index (χ1v) is 19.5. The monoisotopic (exact) mass is 673 g/mol. The normalized spacial score (nSPS) is 13.2. The lowest BCUT2D eigenvalue weighted by molar-refractivity contribution is -0.150. The van der Waals surface area contributed by atoms with Gasteiger partial charge in [0.1, 0.15) is 12.1 Å². The van der Waals surface area contributed by atoms with E-state index in [0.717, 1.165) is 89.9 Å². The zero-order valence-corrected chi connectivity index (χ0v) is 30.8. The lowest BCUT2D eigenvalue weighted by Crippen LogP contribution is -2.40. The van der Waals surface area contributed by atoms with Gasteiger partial charge in [0.05, 0.1) is 0 Å². The number of carboxylic acid groups (broad SMARTS) is 1. The Morgan fingerprint density at radius 3 is 1.71 bits per heavy atom. The molecular weight excluding hydrogens is 600 g/mol. The lowest BCUT2D eigenvalue weighted by atomic mass is 10.0. The van der Waals surface area contributed by atoms with Crippen molar-refractivity contribution in [3.63, 3.8) is 0 Å². The molecule has 0 bridgehead atoms. The molecule has 0 spiro atoms. The van der Waals surface area contributed by atoms with Gasteiger partial charge in [-0.05, 0) is 83.6 Å². The minimum atomic E-state index is -1.01. The molecule has 0 fully saturated rings. The van der Waals surface area contributed by atoms with E-state index in [1.54, 1.807) is 0 Å². The van der Waals surface area contributed by atoms with Crippen molar-refractivity contribution >= 4 is 17.8 Å². The standard InChI is InChI=1S/C41H72N2O5/c1-3-5-7-9-11-13-14-15-16-18-19-22-26-31-37(48-40(45)35-29-25-20-17-12-10-8-6-4-2)32-27-23-21-24-28-34-39(44)43-38(41(46)47)33-30-36-42/h5,7,11,13,15-16,19,22,37-38H,3-4,6,8-10,12,14,17-18,20-21,23-36,42H2,1-2H3,(H,43,44)(H,46,47)/b7-5-,13-11-,16-15-,22-19-. The highest BCUT2D eigenvalue weighted by atomic mass is 16.5. The highest BCUT2D eigenvalue weighted by molar-refractivity contribution is 5.83. The molecule has 4 N–H and O–H groups in total. The SMILES string of the molecule is CC/C=C\C/C=C\C/C=C\C/C=C\CCC(CCCCCCCC(=O)NC(CCCN)C(=O)O)OC(=O)CCCCCCCCCCC. The van der Waals surface area contributed by atoms with Gasteiger partial charge in [-0.25, -0.2) is 4.79 Å². The Bertz CT molecular complexity index is 895. The number of amides is 1. The Hall–Kier alpha value is -2.67. The summed E-state index contributed by atoms with van der Waals surface area (Å²) in [7, 11) is 0. The van der Waals surface area contributed by atoms with Gasteiger partial charge in [0.25, 0.3) is 0 Å². The third-order valence-corrected chi connectivity index (χ3v) is 8.42. The van der Waals surface area contributed by atoms with Crippen LogP contribution in [0.1, 0.15) is 174 Å². The molecule has 48 heavy (non-hydrogen) atoms. The summed E-state index contributed by atoms with van der Waals surface area (Å²) in [5.74, 6) is -1.29. The smallest absolute Gasteiger partial charge is 0.326 e. The first-order valence-electron chi connectivity index (χ1n) is 19.5. The fourth-order valence-electron chi connectivity index (χ4n) is 5.50. The summed E-state index contributed by atoms with van der Waals surface area (Å²) in [6, 6.07) is -0.863. The van der Waals surface area contributed by atoms with Gasteiger partial charge in [0.2, 0.25) is 5.91 Å². The minimum Gasteiger partial charge on any atom is -0.480 e. The molecule has 2 atom stereocenters. The molecule has 7 heteroatoms. The Morgan fingerprint density at radius 2 is 1.15 bits per heavy atom. The van der Waals surface area contributed by atoms with E-state index in [0.29, 0.717) is 32.2 Å². The fourth-order valence-corrected chi connectivity index (χ4v) is 5.50. The van der Waals surface area contributed by atoms with E-state index in [4.69, 9.17) is 10.5 Å². The van der Waals surface area contributed by atoms with E-state index in [2.05, 4.69) is 67.8 Å². The number of nitrogens with two attached hydrogens (primary N) is 1. The van der Waals surface area contributed by atoms with Crippen LogP contribution in [-0.2, 0) is 19.1 Å². The third kappa shape index (κ3) is 31.9. The zero-order chi connectivity index (χ0) is 35.3. The van der Waals surface area contributed by atoms with E-state index in [1.165, 1.54) is 44.9 Å². The van der Waals surface area contributed by atoms with E-state index < -0.39 is 12.0 Å². The van der Waals surface area contributed by atoms with Crippen LogP contribution in [0.3, 0.4) is 0 Å². The van der Waals surface area contributed by atoms with Gasteiger partial charge in [0, 0.05) is 12.8 Å².